The smallest absolute Gasteiger partial charge is 0.253 e. The Morgan fingerprint density at radius 1 is 1.47 bits per heavy atom. The minimum Gasteiger partial charge on any atom is -0.383 e. The van der Waals surface area contributed by atoms with E-state index in [0.29, 0.717) is 0 Å². The van der Waals surface area contributed by atoms with Gasteiger partial charge in [-0.25, -0.2) is 8.78 Å². The van der Waals surface area contributed by atoms with Crippen molar-refractivity contribution in [1.82, 2.24) is 4.90 Å². The summed E-state index contributed by atoms with van der Waals surface area (Å²) in [6.45, 7) is 1.86. The molecule has 0 bridgehead atoms. The highest BCUT2D eigenvalue weighted by Gasteiger charge is 2.18. The van der Waals surface area contributed by atoms with E-state index in [-0.39, 0.29) is 23.7 Å². The Bertz CT molecular complexity index is 502. The number of nitriles is 1. The van der Waals surface area contributed by atoms with Crippen LogP contribution in [0.5, 0.6) is 0 Å². The molecule has 6 heteroatoms. The fraction of sp³-hybridized carbons (Fsp3) is 0.385. The Balaban J connectivity index is 2.98. The molecule has 0 spiro atoms. The van der Waals surface area contributed by atoms with E-state index in [1.165, 1.54) is 19.0 Å². The first kappa shape index (κ1) is 14.9. The number of nitrogens with zero attached hydrogens (tertiary/aromatic N) is 2. The van der Waals surface area contributed by atoms with Crippen LogP contribution in [0.15, 0.2) is 12.1 Å². The molecule has 19 heavy (non-hydrogen) atoms. The van der Waals surface area contributed by atoms with Gasteiger partial charge in [-0.15, -0.1) is 0 Å². The molecule has 0 saturated carbocycles. The first-order valence-corrected chi connectivity index (χ1v) is 5.72. The quantitative estimate of drug-likeness (QED) is 0.910. The van der Waals surface area contributed by atoms with Crippen molar-refractivity contribution >= 4 is 11.6 Å². The summed E-state index contributed by atoms with van der Waals surface area (Å²) in [4.78, 5) is 13.2. The average molecular weight is 267 g/mol. The van der Waals surface area contributed by atoms with Gasteiger partial charge < -0.3 is 10.2 Å². The van der Waals surface area contributed by atoms with Gasteiger partial charge in [0.1, 0.15) is 17.3 Å². The van der Waals surface area contributed by atoms with Crippen LogP contribution in [-0.4, -0.2) is 31.4 Å². The third kappa shape index (κ3) is 3.41. The Morgan fingerprint density at radius 3 is 2.42 bits per heavy atom. The van der Waals surface area contributed by atoms with Crippen LogP contribution < -0.4 is 5.32 Å². The van der Waals surface area contributed by atoms with E-state index in [1.807, 2.05) is 6.07 Å². The number of benzene rings is 1. The molecule has 1 N–H and O–H groups in total. The molecule has 0 aliphatic heterocycles. The van der Waals surface area contributed by atoms with Gasteiger partial charge in [-0.05, 0) is 19.1 Å². The van der Waals surface area contributed by atoms with E-state index < -0.39 is 17.5 Å². The number of amides is 1. The second kappa shape index (κ2) is 6.14. The van der Waals surface area contributed by atoms with Crippen LogP contribution in [0.4, 0.5) is 14.5 Å². The Kier molecular flexibility index (Phi) is 4.81. The predicted molar refractivity (Wildman–Crippen MR) is 67.6 cm³/mol. The molecule has 4 nitrogen and oxygen atoms in total. The maximum absolute atomic E-state index is 13.5. The lowest BCUT2D eigenvalue weighted by molar-refractivity contribution is 0.0784. The molecule has 1 atom stereocenters. The van der Waals surface area contributed by atoms with Crippen LogP contribution in [0.25, 0.3) is 0 Å². The standard InChI is InChI=1S/C13H15F2N3O/c1-8(6-16)7-18(3)13(19)9-4-10(14)12(17-2)11(15)5-9/h4-5,8,17H,7H2,1-3H3. The van der Waals surface area contributed by atoms with Gasteiger partial charge in [0.05, 0.1) is 12.0 Å². The van der Waals surface area contributed by atoms with Crippen molar-refractivity contribution in [3.05, 3.63) is 29.3 Å². The number of anilines is 1. The second-order valence-electron chi connectivity index (χ2n) is 4.28. The second-order valence-corrected chi connectivity index (χ2v) is 4.28. The number of nitrogens with one attached hydrogen (secondary N) is 1. The highest BCUT2D eigenvalue weighted by molar-refractivity contribution is 5.94. The lowest BCUT2D eigenvalue weighted by Gasteiger charge is -2.18. The van der Waals surface area contributed by atoms with Crippen molar-refractivity contribution in [3.63, 3.8) is 0 Å². The van der Waals surface area contributed by atoms with Gasteiger partial charge in [-0.2, -0.15) is 5.26 Å². The maximum atomic E-state index is 13.5. The molecule has 0 heterocycles. The summed E-state index contributed by atoms with van der Waals surface area (Å²) < 4.78 is 27.1. The van der Waals surface area contributed by atoms with Crippen molar-refractivity contribution in [2.24, 2.45) is 5.92 Å². The van der Waals surface area contributed by atoms with E-state index in [2.05, 4.69) is 5.32 Å². The number of carbonyl (C=O) groups is 1. The zero-order valence-electron chi connectivity index (χ0n) is 11.0. The van der Waals surface area contributed by atoms with Crippen LogP contribution in [0, 0.1) is 28.9 Å². The van der Waals surface area contributed by atoms with Crippen molar-refractivity contribution in [2.45, 2.75) is 6.92 Å². The van der Waals surface area contributed by atoms with Gasteiger partial charge in [-0.3, -0.25) is 4.79 Å². The van der Waals surface area contributed by atoms with Crippen molar-refractivity contribution in [2.75, 3.05) is 26.0 Å². The highest BCUT2D eigenvalue weighted by Crippen LogP contribution is 2.21. The zero-order chi connectivity index (χ0) is 14.6. The van der Waals surface area contributed by atoms with Crippen LogP contribution in [-0.2, 0) is 0 Å². The van der Waals surface area contributed by atoms with Gasteiger partial charge in [0.25, 0.3) is 5.91 Å². The van der Waals surface area contributed by atoms with Gasteiger partial charge in [-0.1, -0.05) is 0 Å². The summed E-state index contributed by atoms with van der Waals surface area (Å²) >= 11 is 0. The SMILES string of the molecule is CNc1c(F)cc(C(=O)N(C)CC(C)C#N)cc1F. The molecule has 102 valence electrons. The molecular weight excluding hydrogens is 252 g/mol. The summed E-state index contributed by atoms with van der Waals surface area (Å²) in [6.07, 6.45) is 0. The number of hydrogen-bond acceptors (Lipinski definition) is 3. The highest BCUT2D eigenvalue weighted by atomic mass is 19.1. The van der Waals surface area contributed by atoms with E-state index >= 15 is 0 Å². The van der Waals surface area contributed by atoms with Crippen LogP contribution >= 0.6 is 0 Å². The summed E-state index contributed by atoms with van der Waals surface area (Å²) in [7, 11) is 2.88. The Morgan fingerprint density at radius 2 is 2.00 bits per heavy atom. The predicted octanol–water partition coefficient (Wildman–Crippen LogP) is 2.24. The van der Waals surface area contributed by atoms with Crippen molar-refractivity contribution < 1.29 is 13.6 Å². The fourth-order valence-electron chi connectivity index (χ4n) is 1.69. The summed E-state index contributed by atoms with van der Waals surface area (Å²) in [6, 6.07) is 3.95. The molecule has 1 rings (SSSR count). The number of rotatable bonds is 4. The average Bonchev–Trinajstić information content (AvgIpc) is 2.37. The third-order valence-electron chi connectivity index (χ3n) is 2.65. The summed E-state index contributed by atoms with van der Waals surface area (Å²) in [5.74, 6) is -2.53. The monoisotopic (exact) mass is 267 g/mol. The van der Waals surface area contributed by atoms with E-state index in [1.54, 1.807) is 6.92 Å². The maximum Gasteiger partial charge on any atom is 0.253 e. The molecule has 1 amide bonds. The Hall–Kier alpha value is -2.16. The van der Waals surface area contributed by atoms with Gasteiger partial charge >= 0.3 is 0 Å². The molecule has 1 unspecified atom stereocenters. The van der Waals surface area contributed by atoms with Crippen LogP contribution in [0.1, 0.15) is 17.3 Å². The number of carbonyl (C=O) groups excluding carboxylic acids is 1. The molecule has 0 saturated heterocycles. The number of hydrogen-bond donors (Lipinski definition) is 1. The molecule has 0 aliphatic rings. The molecule has 1 aromatic rings. The minimum absolute atomic E-state index is 0.0818. The Labute approximate surface area is 110 Å². The zero-order valence-corrected chi connectivity index (χ0v) is 11.0. The van der Waals surface area contributed by atoms with E-state index in [0.717, 1.165) is 12.1 Å². The van der Waals surface area contributed by atoms with Crippen LogP contribution in [0.2, 0.25) is 0 Å². The van der Waals surface area contributed by atoms with Crippen molar-refractivity contribution in [3.8, 4) is 6.07 Å². The molecule has 0 fully saturated rings. The lowest BCUT2D eigenvalue weighted by Crippen LogP contribution is -2.30. The first-order valence-electron chi connectivity index (χ1n) is 5.72. The van der Waals surface area contributed by atoms with E-state index in [4.69, 9.17) is 5.26 Å². The molecule has 0 aromatic heterocycles. The fourth-order valence-corrected chi connectivity index (χ4v) is 1.69. The molecule has 0 aliphatic carbocycles. The third-order valence-corrected chi connectivity index (χ3v) is 2.65. The molecular formula is C13H15F2N3O. The number of halogens is 2. The normalized spacial score (nSPS) is 11.6. The minimum atomic E-state index is -0.826. The summed E-state index contributed by atoms with van der Waals surface area (Å²) in [5, 5.41) is 11.1. The molecule has 1 aromatic carbocycles. The lowest BCUT2D eigenvalue weighted by atomic mass is 10.1. The van der Waals surface area contributed by atoms with Gasteiger partial charge in [0.2, 0.25) is 0 Å². The van der Waals surface area contributed by atoms with Gasteiger partial charge in [0, 0.05) is 26.2 Å². The largest absolute Gasteiger partial charge is 0.383 e. The van der Waals surface area contributed by atoms with E-state index in [9.17, 15) is 13.6 Å². The molecule has 0 radical (unpaired) electrons. The van der Waals surface area contributed by atoms with Crippen molar-refractivity contribution in [1.29, 1.82) is 5.26 Å². The summed E-state index contributed by atoms with van der Waals surface area (Å²) in [5.41, 5.74) is -0.355. The topological polar surface area (TPSA) is 56.1 Å². The van der Waals surface area contributed by atoms with Crippen LogP contribution in [0.3, 0.4) is 0 Å². The van der Waals surface area contributed by atoms with Gasteiger partial charge in [0.15, 0.2) is 0 Å². The first-order chi connectivity index (χ1) is 8.90.